The Morgan fingerprint density at radius 1 is 1.13 bits per heavy atom. The van der Waals surface area contributed by atoms with Crippen LogP contribution in [0.1, 0.15) is 25.3 Å². The molecule has 162 valence electrons. The number of rotatable bonds is 6. The first-order valence-corrected chi connectivity index (χ1v) is 10.8. The van der Waals surface area contributed by atoms with Gasteiger partial charge < -0.3 is 19.5 Å². The van der Waals surface area contributed by atoms with Gasteiger partial charge in [-0.1, -0.05) is 30.3 Å². The lowest BCUT2D eigenvalue weighted by atomic mass is 9.96. The monoisotopic (exact) mass is 420 g/mol. The Morgan fingerprint density at radius 2 is 1.84 bits per heavy atom. The molecule has 4 rings (SSSR count). The summed E-state index contributed by atoms with van der Waals surface area (Å²) in [6, 6.07) is 15.4. The zero-order valence-corrected chi connectivity index (χ0v) is 18.0. The number of carbonyl (C=O) groups excluding carboxylic acids is 1. The number of amides is 1. The average molecular weight is 421 g/mol. The fourth-order valence-corrected chi connectivity index (χ4v) is 4.10. The molecule has 2 heterocycles. The zero-order valence-electron chi connectivity index (χ0n) is 18.0. The van der Waals surface area contributed by atoms with Crippen molar-refractivity contribution in [2.75, 3.05) is 24.6 Å². The highest BCUT2D eigenvalue weighted by Gasteiger charge is 2.27. The third kappa shape index (κ3) is 4.40. The van der Waals surface area contributed by atoms with Gasteiger partial charge in [0.1, 0.15) is 5.75 Å². The van der Waals surface area contributed by atoms with Gasteiger partial charge in [0.2, 0.25) is 5.91 Å². The van der Waals surface area contributed by atoms with Crippen LogP contribution in [0.5, 0.6) is 5.75 Å². The summed E-state index contributed by atoms with van der Waals surface area (Å²) >= 11 is 0. The van der Waals surface area contributed by atoms with Crippen LogP contribution >= 0.6 is 0 Å². The van der Waals surface area contributed by atoms with E-state index in [0.717, 1.165) is 22.3 Å². The summed E-state index contributed by atoms with van der Waals surface area (Å²) in [5.74, 6) is 1.24. The second-order valence-corrected chi connectivity index (χ2v) is 7.81. The summed E-state index contributed by atoms with van der Waals surface area (Å²) in [4.78, 5) is 32.2. The molecule has 2 aromatic carbocycles. The summed E-state index contributed by atoms with van der Waals surface area (Å²) in [5.41, 5.74) is 2.48. The number of aryl methyl sites for hydroxylation is 1. The van der Waals surface area contributed by atoms with Crippen LogP contribution in [0.2, 0.25) is 0 Å². The highest BCUT2D eigenvalue weighted by atomic mass is 16.5. The number of piperidine rings is 1. The number of benzene rings is 2. The number of carbonyl (C=O) groups is 1. The topological polar surface area (TPSA) is 76.5 Å². The molecule has 3 aromatic rings. The van der Waals surface area contributed by atoms with Gasteiger partial charge >= 0.3 is 0 Å². The third-order valence-corrected chi connectivity index (χ3v) is 5.86. The van der Waals surface area contributed by atoms with E-state index in [2.05, 4.69) is 10.3 Å². The van der Waals surface area contributed by atoms with Gasteiger partial charge in [0.25, 0.3) is 5.56 Å². The number of aromatic nitrogens is 2. The first-order valence-electron chi connectivity index (χ1n) is 10.8. The first kappa shape index (κ1) is 20.9. The van der Waals surface area contributed by atoms with Gasteiger partial charge in [-0.25, -0.2) is 4.98 Å². The van der Waals surface area contributed by atoms with Gasteiger partial charge in [-0.05, 0) is 38.0 Å². The number of ether oxygens (including phenoxy) is 1. The third-order valence-electron chi connectivity index (χ3n) is 5.86. The molecule has 0 saturated carbocycles. The van der Waals surface area contributed by atoms with Gasteiger partial charge in [0, 0.05) is 38.2 Å². The maximum Gasteiger partial charge on any atom is 0.293 e. The average Bonchev–Trinajstić information content (AvgIpc) is 2.81. The van der Waals surface area contributed by atoms with Crippen LogP contribution in [0.4, 0.5) is 5.82 Å². The highest BCUT2D eigenvalue weighted by Crippen LogP contribution is 2.23. The second-order valence-electron chi connectivity index (χ2n) is 7.81. The van der Waals surface area contributed by atoms with Crippen molar-refractivity contribution in [1.29, 1.82) is 0 Å². The van der Waals surface area contributed by atoms with Crippen molar-refractivity contribution in [3.8, 4) is 5.75 Å². The molecule has 1 fully saturated rings. The van der Waals surface area contributed by atoms with Gasteiger partial charge in [-0.15, -0.1) is 0 Å². The van der Waals surface area contributed by atoms with E-state index < -0.39 is 0 Å². The van der Waals surface area contributed by atoms with E-state index in [1.54, 1.807) is 11.6 Å². The number of anilines is 1. The molecular weight excluding hydrogens is 392 g/mol. The summed E-state index contributed by atoms with van der Waals surface area (Å²) < 4.78 is 7.28. The van der Waals surface area contributed by atoms with E-state index in [1.165, 1.54) is 0 Å². The lowest BCUT2D eigenvalue weighted by molar-refractivity contribution is -0.125. The summed E-state index contributed by atoms with van der Waals surface area (Å²) in [5, 5.41) is 3.05. The quantitative estimate of drug-likeness (QED) is 0.664. The van der Waals surface area contributed by atoms with Crippen LogP contribution in [0, 0.1) is 5.92 Å². The number of nitrogens with zero attached hydrogens (tertiary/aromatic N) is 3. The molecule has 1 amide bonds. The minimum atomic E-state index is -0.103. The van der Waals surface area contributed by atoms with E-state index in [4.69, 9.17) is 4.74 Å². The predicted octanol–water partition coefficient (Wildman–Crippen LogP) is 2.87. The van der Waals surface area contributed by atoms with E-state index in [-0.39, 0.29) is 17.4 Å². The van der Waals surface area contributed by atoms with Crippen LogP contribution < -0.4 is 20.5 Å². The fraction of sp³-hybridized carbons (Fsp3) is 0.375. The van der Waals surface area contributed by atoms with Crippen molar-refractivity contribution < 1.29 is 9.53 Å². The lowest BCUT2D eigenvalue weighted by Gasteiger charge is -2.32. The SMILES string of the molecule is CCOc1ccccc1CNC(=O)C1CCN(c2nc3ccccc3n(C)c2=O)CC1. The van der Waals surface area contributed by atoms with Crippen LogP contribution in [-0.4, -0.2) is 35.2 Å². The van der Waals surface area contributed by atoms with Crippen molar-refractivity contribution in [2.24, 2.45) is 13.0 Å². The van der Waals surface area contributed by atoms with Crippen LogP contribution in [0.25, 0.3) is 11.0 Å². The number of fused-ring (bicyclic) bond motifs is 1. The highest BCUT2D eigenvalue weighted by molar-refractivity contribution is 5.79. The van der Waals surface area contributed by atoms with Gasteiger partial charge in [-0.2, -0.15) is 0 Å². The molecule has 7 nitrogen and oxygen atoms in total. The smallest absolute Gasteiger partial charge is 0.293 e. The summed E-state index contributed by atoms with van der Waals surface area (Å²) in [7, 11) is 1.77. The van der Waals surface area contributed by atoms with Crippen LogP contribution in [0.3, 0.4) is 0 Å². The molecule has 0 atom stereocenters. The van der Waals surface area contributed by atoms with Crippen molar-refractivity contribution in [3.05, 3.63) is 64.4 Å². The first-order chi connectivity index (χ1) is 15.1. The summed E-state index contributed by atoms with van der Waals surface area (Å²) in [6.07, 6.45) is 1.38. The number of nitrogens with one attached hydrogen (secondary N) is 1. The van der Waals surface area contributed by atoms with Gasteiger partial charge in [0.15, 0.2) is 5.82 Å². The molecule has 0 bridgehead atoms. The summed E-state index contributed by atoms with van der Waals surface area (Å²) in [6.45, 7) is 4.25. The zero-order chi connectivity index (χ0) is 21.8. The largest absolute Gasteiger partial charge is 0.494 e. The minimum absolute atomic E-state index is 0.0466. The standard InChI is InChI=1S/C24H28N4O3/c1-3-31-21-11-7-4-8-18(21)16-25-23(29)17-12-14-28(15-13-17)22-24(30)27(2)20-10-6-5-9-19(20)26-22/h4-11,17H,3,12-16H2,1-2H3,(H,25,29). The lowest BCUT2D eigenvalue weighted by Crippen LogP contribution is -2.43. The molecule has 0 aliphatic carbocycles. The van der Waals surface area contributed by atoms with Crippen molar-refractivity contribution in [3.63, 3.8) is 0 Å². The normalized spacial score (nSPS) is 14.6. The van der Waals surface area contributed by atoms with Crippen LogP contribution in [0.15, 0.2) is 53.3 Å². The predicted molar refractivity (Wildman–Crippen MR) is 121 cm³/mol. The Hall–Kier alpha value is -3.35. The van der Waals surface area contributed by atoms with Gasteiger partial charge in [0.05, 0.1) is 17.6 Å². The van der Waals surface area contributed by atoms with Gasteiger partial charge in [-0.3, -0.25) is 9.59 Å². The van der Waals surface area contributed by atoms with E-state index in [9.17, 15) is 9.59 Å². The molecular formula is C24H28N4O3. The molecule has 1 aliphatic rings. The Bertz CT molecular complexity index is 1130. The molecule has 7 heteroatoms. The number of para-hydroxylation sites is 3. The van der Waals surface area contributed by atoms with Crippen molar-refractivity contribution in [1.82, 2.24) is 14.9 Å². The maximum absolute atomic E-state index is 12.8. The minimum Gasteiger partial charge on any atom is -0.494 e. The van der Waals surface area contributed by atoms with Crippen molar-refractivity contribution >= 4 is 22.8 Å². The Morgan fingerprint density at radius 3 is 2.61 bits per heavy atom. The van der Waals surface area contributed by atoms with Crippen LogP contribution in [-0.2, 0) is 18.4 Å². The maximum atomic E-state index is 12.8. The number of hydrogen-bond donors (Lipinski definition) is 1. The molecule has 1 aliphatic heterocycles. The van der Waals surface area contributed by atoms with E-state index in [0.29, 0.717) is 44.9 Å². The fourth-order valence-electron chi connectivity index (χ4n) is 4.10. The molecule has 1 saturated heterocycles. The van der Waals surface area contributed by atoms with E-state index in [1.807, 2.05) is 60.4 Å². The Labute approximate surface area is 181 Å². The number of hydrogen-bond acceptors (Lipinski definition) is 5. The molecule has 1 N–H and O–H groups in total. The Balaban J connectivity index is 1.39. The second kappa shape index (κ2) is 9.20. The molecule has 1 aromatic heterocycles. The molecule has 31 heavy (non-hydrogen) atoms. The molecule has 0 radical (unpaired) electrons. The molecule has 0 unspecified atom stereocenters. The van der Waals surface area contributed by atoms with E-state index >= 15 is 0 Å². The van der Waals surface area contributed by atoms with Crippen molar-refractivity contribution in [2.45, 2.75) is 26.3 Å². The Kier molecular flexibility index (Phi) is 6.21. The molecule has 0 spiro atoms.